The lowest BCUT2D eigenvalue weighted by Gasteiger charge is -2.15. The van der Waals surface area contributed by atoms with Gasteiger partial charge in [-0.25, -0.2) is 0 Å². The highest BCUT2D eigenvalue weighted by molar-refractivity contribution is 9.09. The van der Waals surface area contributed by atoms with Crippen LogP contribution in [0, 0.1) is 5.92 Å². The van der Waals surface area contributed by atoms with Crippen LogP contribution >= 0.6 is 15.9 Å². The average molecular weight is 248 g/mol. The smallest absolute Gasteiger partial charge is 0.00313 e. The molecule has 1 nitrogen and oxygen atoms in total. The summed E-state index contributed by atoms with van der Waals surface area (Å²) >= 11 is 3.46. The third kappa shape index (κ3) is 6.50. The third-order valence-corrected chi connectivity index (χ3v) is 3.35. The van der Waals surface area contributed by atoms with E-state index in [-0.39, 0.29) is 0 Å². The summed E-state index contributed by atoms with van der Waals surface area (Å²) in [5.41, 5.74) is 0. The topological polar surface area (TPSA) is 3.24 Å². The molecule has 2 heteroatoms. The standard InChI is InChI=1S/C11H22BrN/c1-13(9-4-2-3-8-12)10-7-11-5-6-11/h11H,2-10H2,1H3. The fourth-order valence-corrected chi connectivity index (χ4v) is 1.97. The Hall–Kier alpha value is 0.440. The monoisotopic (exact) mass is 247 g/mol. The first kappa shape index (κ1) is 11.5. The maximum atomic E-state index is 3.46. The maximum Gasteiger partial charge on any atom is 0.00313 e. The fraction of sp³-hybridized carbons (Fsp3) is 1.00. The Bertz CT molecular complexity index is 123. The van der Waals surface area contributed by atoms with Gasteiger partial charge >= 0.3 is 0 Å². The largest absolute Gasteiger partial charge is 0.306 e. The number of alkyl halides is 1. The minimum atomic E-state index is 1.09. The van der Waals surface area contributed by atoms with Crippen molar-refractivity contribution in [3.8, 4) is 0 Å². The Labute approximate surface area is 91.0 Å². The number of unbranched alkanes of at least 4 members (excludes halogenated alkanes) is 2. The number of hydrogen-bond donors (Lipinski definition) is 0. The SMILES string of the molecule is CN(CCCCCBr)CCC1CC1. The predicted molar refractivity (Wildman–Crippen MR) is 62.5 cm³/mol. The quantitative estimate of drug-likeness (QED) is 0.470. The molecule has 0 spiro atoms. The summed E-state index contributed by atoms with van der Waals surface area (Å²) in [6.07, 6.45) is 8.51. The predicted octanol–water partition coefficient (Wildman–Crippen LogP) is 3.28. The average Bonchev–Trinajstić information content (AvgIpc) is 2.92. The van der Waals surface area contributed by atoms with Crippen LogP contribution in [-0.4, -0.2) is 30.4 Å². The molecule has 0 amide bonds. The maximum absolute atomic E-state index is 3.46. The molecule has 1 aliphatic rings. The van der Waals surface area contributed by atoms with E-state index in [2.05, 4.69) is 27.9 Å². The van der Waals surface area contributed by atoms with Crippen molar-refractivity contribution in [2.75, 3.05) is 25.5 Å². The van der Waals surface area contributed by atoms with Gasteiger partial charge in [0, 0.05) is 5.33 Å². The lowest BCUT2D eigenvalue weighted by molar-refractivity contribution is 0.314. The van der Waals surface area contributed by atoms with E-state index in [9.17, 15) is 0 Å². The molecule has 1 aliphatic carbocycles. The second kappa shape index (κ2) is 6.83. The molecule has 1 saturated carbocycles. The first-order valence-electron chi connectivity index (χ1n) is 5.57. The van der Waals surface area contributed by atoms with Crippen LogP contribution in [0.15, 0.2) is 0 Å². The summed E-state index contributed by atoms with van der Waals surface area (Å²) in [6.45, 7) is 2.61. The molecule has 0 saturated heterocycles. The van der Waals surface area contributed by atoms with Crippen LogP contribution in [0.5, 0.6) is 0 Å². The van der Waals surface area contributed by atoms with Crippen molar-refractivity contribution in [2.45, 2.75) is 38.5 Å². The van der Waals surface area contributed by atoms with Crippen molar-refractivity contribution >= 4 is 15.9 Å². The lowest BCUT2D eigenvalue weighted by Crippen LogP contribution is -2.21. The van der Waals surface area contributed by atoms with E-state index in [0.29, 0.717) is 0 Å². The van der Waals surface area contributed by atoms with Crippen LogP contribution < -0.4 is 0 Å². The summed E-state index contributed by atoms with van der Waals surface area (Å²) in [4.78, 5) is 2.49. The Morgan fingerprint density at radius 1 is 1.15 bits per heavy atom. The van der Waals surface area contributed by atoms with Gasteiger partial charge in [-0.3, -0.25) is 0 Å². The zero-order valence-electron chi connectivity index (χ0n) is 8.77. The van der Waals surface area contributed by atoms with Gasteiger partial charge in [0.05, 0.1) is 0 Å². The van der Waals surface area contributed by atoms with E-state index >= 15 is 0 Å². The van der Waals surface area contributed by atoms with Crippen LogP contribution in [-0.2, 0) is 0 Å². The van der Waals surface area contributed by atoms with Crippen LogP contribution in [0.25, 0.3) is 0 Å². The molecular formula is C11H22BrN. The van der Waals surface area contributed by atoms with E-state index in [4.69, 9.17) is 0 Å². The molecule has 0 aromatic heterocycles. The van der Waals surface area contributed by atoms with Crippen molar-refractivity contribution in [3.63, 3.8) is 0 Å². The highest BCUT2D eigenvalue weighted by atomic mass is 79.9. The van der Waals surface area contributed by atoms with Crippen molar-refractivity contribution in [2.24, 2.45) is 5.92 Å². The van der Waals surface area contributed by atoms with Crippen molar-refractivity contribution in [3.05, 3.63) is 0 Å². The molecule has 0 aromatic rings. The number of rotatable bonds is 8. The molecule has 78 valence electrons. The minimum Gasteiger partial charge on any atom is -0.306 e. The molecule has 1 fully saturated rings. The summed E-state index contributed by atoms with van der Waals surface area (Å²) in [5.74, 6) is 1.09. The molecule has 0 unspecified atom stereocenters. The van der Waals surface area contributed by atoms with Gasteiger partial charge in [-0.2, -0.15) is 0 Å². The second-order valence-corrected chi connectivity index (χ2v) is 5.08. The summed E-state index contributed by atoms with van der Waals surface area (Å²) < 4.78 is 0. The lowest BCUT2D eigenvalue weighted by atomic mass is 10.2. The van der Waals surface area contributed by atoms with Crippen molar-refractivity contribution < 1.29 is 0 Å². The van der Waals surface area contributed by atoms with E-state index < -0.39 is 0 Å². The van der Waals surface area contributed by atoms with Gasteiger partial charge in [-0.1, -0.05) is 35.2 Å². The zero-order chi connectivity index (χ0) is 9.52. The Morgan fingerprint density at radius 3 is 2.54 bits per heavy atom. The van der Waals surface area contributed by atoms with Gasteiger partial charge in [-0.15, -0.1) is 0 Å². The fourth-order valence-electron chi connectivity index (χ4n) is 1.57. The zero-order valence-corrected chi connectivity index (χ0v) is 10.4. The van der Waals surface area contributed by atoms with E-state index in [1.165, 1.54) is 56.9 Å². The summed E-state index contributed by atoms with van der Waals surface area (Å²) in [5, 5.41) is 1.17. The Balaban J connectivity index is 1.81. The van der Waals surface area contributed by atoms with E-state index in [1.54, 1.807) is 0 Å². The van der Waals surface area contributed by atoms with Gasteiger partial charge in [0.15, 0.2) is 0 Å². The van der Waals surface area contributed by atoms with E-state index in [0.717, 1.165) is 5.92 Å². The van der Waals surface area contributed by atoms with Gasteiger partial charge < -0.3 is 4.90 Å². The number of nitrogens with zero attached hydrogens (tertiary/aromatic N) is 1. The third-order valence-electron chi connectivity index (χ3n) is 2.79. The van der Waals surface area contributed by atoms with Crippen molar-refractivity contribution in [1.82, 2.24) is 4.90 Å². The number of halogens is 1. The minimum absolute atomic E-state index is 1.09. The Morgan fingerprint density at radius 2 is 1.92 bits per heavy atom. The molecular weight excluding hydrogens is 226 g/mol. The molecule has 13 heavy (non-hydrogen) atoms. The summed E-state index contributed by atoms with van der Waals surface area (Å²) in [7, 11) is 2.26. The normalized spacial score (nSPS) is 16.8. The van der Waals surface area contributed by atoms with Gasteiger partial charge in [-0.05, 0) is 45.3 Å². The summed E-state index contributed by atoms with van der Waals surface area (Å²) in [6, 6.07) is 0. The highest BCUT2D eigenvalue weighted by Gasteiger charge is 2.20. The molecule has 0 aromatic carbocycles. The first-order chi connectivity index (χ1) is 6.33. The molecule has 0 heterocycles. The molecule has 0 radical (unpaired) electrons. The van der Waals surface area contributed by atoms with Gasteiger partial charge in [0.1, 0.15) is 0 Å². The molecule has 0 bridgehead atoms. The van der Waals surface area contributed by atoms with Crippen LogP contribution in [0.4, 0.5) is 0 Å². The Kier molecular flexibility index (Phi) is 6.05. The van der Waals surface area contributed by atoms with E-state index in [1.807, 2.05) is 0 Å². The first-order valence-corrected chi connectivity index (χ1v) is 6.69. The number of hydrogen-bond acceptors (Lipinski definition) is 1. The van der Waals surface area contributed by atoms with Crippen LogP contribution in [0.3, 0.4) is 0 Å². The van der Waals surface area contributed by atoms with Crippen LogP contribution in [0.2, 0.25) is 0 Å². The van der Waals surface area contributed by atoms with Crippen molar-refractivity contribution in [1.29, 1.82) is 0 Å². The van der Waals surface area contributed by atoms with Gasteiger partial charge in [0.2, 0.25) is 0 Å². The molecule has 0 N–H and O–H groups in total. The second-order valence-electron chi connectivity index (χ2n) is 4.28. The molecule has 1 rings (SSSR count). The molecule has 0 aliphatic heterocycles. The molecule has 0 atom stereocenters. The highest BCUT2D eigenvalue weighted by Crippen LogP contribution is 2.32. The van der Waals surface area contributed by atoms with Gasteiger partial charge in [0.25, 0.3) is 0 Å². The van der Waals surface area contributed by atoms with Crippen LogP contribution in [0.1, 0.15) is 38.5 Å².